The molecule has 0 spiro atoms. The largest absolute Gasteiger partial charge is 0.468 e. The first kappa shape index (κ1) is 16.0. The summed E-state index contributed by atoms with van der Waals surface area (Å²) in [5.74, 6) is -1.04. The van der Waals surface area contributed by atoms with E-state index in [2.05, 4.69) is 9.72 Å². The van der Waals surface area contributed by atoms with Crippen LogP contribution in [0.5, 0.6) is 0 Å². The highest BCUT2D eigenvalue weighted by atomic mass is 35.5. The Bertz CT molecular complexity index is 678. The molecule has 0 aliphatic rings. The summed E-state index contributed by atoms with van der Waals surface area (Å²) in [6, 6.07) is 3.79. The molecule has 0 bridgehead atoms. The minimum Gasteiger partial charge on any atom is -0.468 e. The number of benzene rings is 1. The van der Waals surface area contributed by atoms with Gasteiger partial charge in [0.2, 0.25) is 0 Å². The molecule has 3 N–H and O–H groups in total. The summed E-state index contributed by atoms with van der Waals surface area (Å²) in [5.41, 5.74) is 6.86. The van der Waals surface area contributed by atoms with E-state index in [1.807, 2.05) is 6.07 Å². The summed E-state index contributed by atoms with van der Waals surface area (Å²) in [6.07, 6.45) is 1.79. The molecule has 0 saturated heterocycles. The summed E-state index contributed by atoms with van der Waals surface area (Å²) in [6.45, 7) is 0. The van der Waals surface area contributed by atoms with Crippen molar-refractivity contribution in [3.63, 3.8) is 0 Å². The molecule has 0 radical (unpaired) electrons. The van der Waals surface area contributed by atoms with Crippen molar-refractivity contribution in [2.75, 3.05) is 7.11 Å². The Kier molecular flexibility index (Phi) is 5.08. The highest BCUT2D eigenvalue weighted by Gasteiger charge is 2.17. The highest BCUT2D eigenvalue weighted by molar-refractivity contribution is 5.86. The third-order valence-corrected chi connectivity index (χ3v) is 2.90. The van der Waals surface area contributed by atoms with Gasteiger partial charge in [0.25, 0.3) is 0 Å². The molecule has 2 rings (SSSR count). The van der Waals surface area contributed by atoms with Crippen LogP contribution in [0.15, 0.2) is 18.3 Å². The van der Waals surface area contributed by atoms with Gasteiger partial charge < -0.3 is 15.5 Å². The van der Waals surface area contributed by atoms with E-state index in [1.54, 1.807) is 12.3 Å². The summed E-state index contributed by atoms with van der Waals surface area (Å²) in [4.78, 5) is 14.1. The van der Waals surface area contributed by atoms with Gasteiger partial charge in [-0.1, -0.05) is 0 Å². The van der Waals surface area contributed by atoms with Crippen LogP contribution in [-0.2, 0) is 16.0 Å². The smallest absolute Gasteiger partial charge is 0.322 e. The number of hydrogen-bond donors (Lipinski definition) is 2. The van der Waals surface area contributed by atoms with Gasteiger partial charge in [0.05, 0.1) is 24.3 Å². The first-order valence-electron chi connectivity index (χ1n) is 5.59. The van der Waals surface area contributed by atoms with E-state index in [-0.39, 0.29) is 24.4 Å². The summed E-state index contributed by atoms with van der Waals surface area (Å²) < 4.78 is 18.2. The number of H-pyrrole nitrogens is 1. The Morgan fingerprint density at radius 1 is 1.60 bits per heavy atom. The van der Waals surface area contributed by atoms with Gasteiger partial charge >= 0.3 is 5.97 Å². The second-order valence-electron chi connectivity index (χ2n) is 4.14. The number of carbonyl (C=O) groups is 1. The fourth-order valence-corrected chi connectivity index (χ4v) is 1.95. The predicted octanol–water partition coefficient (Wildman–Crippen LogP) is 1.64. The number of nitrogens with two attached hydrogens (primary N) is 1. The molecule has 1 aromatic heterocycles. The molecule has 0 saturated carbocycles. The number of hydrogen-bond acceptors (Lipinski definition) is 4. The predicted molar refractivity (Wildman–Crippen MR) is 73.9 cm³/mol. The van der Waals surface area contributed by atoms with Crippen LogP contribution in [0.2, 0.25) is 0 Å². The van der Waals surface area contributed by atoms with E-state index >= 15 is 0 Å². The van der Waals surface area contributed by atoms with Gasteiger partial charge in [0.15, 0.2) is 0 Å². The average molecular weight is 298 g/mol. The fraction of sp³-hybridized carbons (Fsp3) is 0.231. The van der Waals surface area contributed by atoms with Crippen molar-refractivity contribution in [3.05, 3.63) is 35.3 Å². The number of ether oxygens (including phenoxy) is 1. The Labute approximate surface area is 120 Å². The van der Waals surface area contributed by atoms with E-state index in [1.165, 1.54) is 7.11 Å². The van der Waals surface area contributed by atoms with E-state index in [0.29, 0.717) is 16.5 Å². The molecule has 0 aliphatic carbocycles. The number of rotatable bonds is 3. The molecule has 1 unspecified atom stereocenters. The third kappa shape index (κ3) is 2.90. The Balaban J connectivity index is 0.00000200. The molecule has 1 heterocycles. The number of aromatic amines is 1. The minimum atomic E-state index is -0.821. The van der Waals surface area contributed by atoms with Crippen LogP contribution >= 0.6 is 12.4 Å². The van der Waals surface area contributed by atoms with Crippen molar-refractivity contribution in [2.24, 2.45) is 5.73 Å². The van der Waals surface area contributed by atoms with Crippen LogP contribution in [0.4, 0.5) is 4.39 Å². The standard InChI is InChI=1S/C13H12FN3O2.ClH/c1-19-13(18)11(16)4-8-6-17-12-9(8)2-7(5-15)3-10(12)14;/h2-3,6,11,17H,4,16H2,1H3;1H. The van der Waals surface area contributed by atoms with Crippen LogP contribution in [0.3, 0.4) is 0 Å². The first-order valence-corrected chi connectivity index (χ1v) is 5.59. The zero-order chi connectivity index (χ0) is 14.0. The monoisotopic (exact) mass is 297 g/mol. The maximum absolute atomic E-state index is 13.7. The highest BCUT2D eigenvalue weighted by Crippen LogP contribution is 2.23. The van der Waals surface area contributed by atoms with E-state index in [4.69, 9.17) is 11.0 Å². The van der Waals surface area contributed by atoms with E-state index in [9.17, 15) is 9.18 Å². The molecule has 106 valence electrons. The molecule has 0 aliphatic heterocycles. The molecule has 0 amide bonds. The van der Waals surface area contributed by atoms with Gasteiger partial charge in [-0.05, 0) is 17.7 Å². The third-order valence-electron chi connectivity index (χ3n) is 2.90. The van der Waals surface area contributed by atoms with Crippen molar-refractivity contribution in [3.8, 4) is 6.07 Å². The van der Waals surface area contributed by atoms with Gasteiger partial charge in [0, 0.05) is 18.0 Å². The summed E-state index contributed by atoms with van der Waals surface area (Å²) in [5, 5.41) is 9.38. The molecule has 1 aromatic carbocycles. The lowest BCUT2D eigenvalue weighted by atomic mass is 10.0. The van der Waals surface area contributed by atoms with Crippen molar-refractivity contribution in [1.29, 1.82) is 5.26 Å². The van der Waals surface area contributed by atoms with E-state index in [0.717, 1.165) is 6.07 Å². The van der Waals surface area contributed by atoms with Crippen molar-refractivity contribution in [1.82, 2.24) is 4.98 Å². The number of methoxy groups -OCH3 is 1. The minimum absolute atomic E-state index is 0. The van der Waals surface area contributed by atoms with Crippen LogP contribution in [0, 0.1) is 17.1 Å². The molecule has 20 heavy (non-hydrogen) atoms. The second-order valence-corrected chi connectivity index (χ2v) is 4.14. The van der Waals surface area contributed by atoms with Crippen molar-refractivity contribution < 1.29 is 13.9 Å². The lowest BCUT2D eigenvalue weighted by Gasteiger charge is -2.08. The zero-order valence-electron chi connectivity index (χ0n) is 10.6. The number of halogens is 2. The number of nitriles is 1. The van der Waals surface area contributed by atoms with E-state index < -0.39 is 17.8 Å². The van der Waals surface area contributed by atoms with Crippen molar-refractivity contribution in [2.45, 2.75) is 12.5 Å². The van der Waals surface area contributed by atoms with Gasteiger partial charge in [-0.25, -0.2) is 4.39 Å². The number of fused-ring (bicyclic) bond motifs is 1. The Hall–Kier alpha value is -2.10. The number of nitrogens with zero attached hydrogens (tertiary/aromatic N) is 1. The lowest BCUT2D eigenvalue weighted by Crippen LogP contribution is -2.33. The van der Waals surface area contributed by atoms with Crippen LogP contribution in [0.1, 0.15) is 11.1 Å². The molecule has 7 heteroatoms. The number of aromatic nitrogens is 1. The summed E-state index contributed by atoms with van der Waals surface area (Å²) >= 11 is 0. The van der Waals surface area contributed by atoms with Crippen LogP contribution in [-0.4, -0.2) is 24.1 Å². The quantitative estimate of drug-likeness (QED) is 0.843. The second kappa shape index (κ2) is 6.37. The molecular weight excluding hydrogens is 285 g/mol. The fourth-order valence-electron chi connectivity index (χ4n) is 1.95. The number of nitrogens with one attached hydrogen (secondary N) is 1. The first-order chi connectivity index (χ1) is 9.06. The normalized spacial score (nSPS) is 11.5. The van der Waals surface area contributed by atoms with Gasteiger partial charge in [0.1, 0.15) is 11.9 Å². The maximum Gasteiger partial charge on any atom is 0.322 e. The molecule has 5 nitrogen and oxygen atoms in total. The van der Waals surface area contributed by atoms with Crippen LogP contribution < -0.4 is 5.73 Å². The SMILES string of the molecule is COC(=O)C(N)Cc1c[nH]c2c(F)cc(C#N)cc12.Cl. The van der Waals surface area contributed by atoms with Crippen molar-refractivity contribution >= 4 is 29.3 Å². The number of carbonyl (C=O) groups excluding carboxylic acids is 1. The summed E-state index contributed by atoms with van der Waals surface area (Å²) in [7, 11) is 1.25. The lowest BCUT2D eigenvalue weighted by molar-refractivity contribution is -0.142. The topological polar surface area (TPSA) is 91.9 Å². The molecule has 1 atom stereocenters. The molecule has 2 aromatic rings. The molecular formula is C13H13ClFN3O2. The number of esters is 1. The maximum atomic E-state index is 13.7. The average Bonchev–Trinajstić information content (AvgIpc) is 2.81. The van der Waals surface area contributed by atoms with Gasteiger partial charge in [-0.15, -0.1) is 12.4 Å². The molecule has 0 fully saturated rings. The van der Waals surface area contributed by atoms with Gasteiger partial charge in [-0.3, -0.25) is 4.79 Å². The Morgan fingerprint density at radius 2 is 2.30 bits per heavy atom. The van der Waals surface area contributed by atoms with Gasteiger partial charge in [-0.2, -0.15) is 5.26 Å². The van der Waals surface area contributed by atoms with Crippen LogP contribution in [0.25, 0.3) is 10.9 Å². The zero-order valence-corrected chi connectivity index (χ0v) is 11.5. The Morgan fingerprint density at radius 3 is 2.90 bits per heavy atom.